The van der Waals surface area contributed by atoms with E-state index >= 15 is 0 Å². The number of nitrogens with zero attached hydrogens (tertiary/aromatic N) is 3. The van der Waals surface area contributed by atoms with Crippen LogP contribution in [0, 0.1) is 11.8 Å². The highest BCUT2D eigenvalue weighted by Gasteiger charge is 2.42. The zero-order chi connectivity index (χ0) is 15.1. The second-order valence-electron chi connectivity index (χ2n) is 6.43. The van der Waals surface area contributed by atoms with Crippen molar-refractivity contribution in [1.29, 1.82) is 0 Å². The highest BCUT2D eigenvalue weighted by atomic mass is 32.1. The van der Waals surface area contributed by atoms with Gasteiger partial charge in [-0.1, -0.05) is 17.8 Å². The smallest absolute Gasteiger partial charge is 0.240 e. The standard InChI is InChI=1S/C14H19N5O2S/c20-11(7-19-5-9-4-15-12(21)10(9)6-19)16-14-18-17-13(22-14)8-2-1-3-8/h8-10H,1-7H2,(H,15,21)(H,16,18,20)/t9-,10+/m0/s1. The molecule has 7 nitrogen and oxygen atoms in total. The van der Waals surface area contributed by atoms with Gasteiger partial charge in [-0.2, -0.15) is 0 Å². The van der Waals surface area contributed by atoms with Crippen LogP contribution in [0.5, 0.6) is 0 Å². The number of aromatic nitrogens is 2. The first-order chi connectivity index (χ1) is 10.7. The number of rotatable bonds is 4. The lowest BCUT2D eigenvalue weighted by Crippen LogP contribution is -2.34. The third-order valence-electron chi connectivity index (χ3n) is 4.90. The predicted molar refractivity (Wildman–Crippen MR) is 81.6 cm³/mol. The fourth-order valence-corrected chi connectivity index (χ4v) is 4.35. The SMILES string of the molecule is O=C(CN1C[C@@H]2CNC(=O)[C@@H]2C1)Nc1nnc(C2CCC2)s1. The van der Waals surface area contributed by atoms with Crippen LogP contribution >= 0.6 is 11.3 Å². The second kappa shape index (κ2) is 5.58. The Hall–Kier alpha value is -1.54. The van der Waals surface area contributed by atoms with E-state index in [1.165, 1.54) is 30.6 Å². The molecule has 2 saturated heterocycles. The molecule has 3 fully saturated rings. The molecule has 2 aliphatic heterocycles. The summed E-state index contributed by atoms with van der Waals surface area (Å²) in [5.74, 6) is 1.00. The van der Waals surface area contributed by atoms with Crippen molar-refractivity contribution in [3.05, 3.63) is 5.01 Å². The number of carbonyl (C=O) groups is 2. The minimum atomic E-state index is -0.0725. The van der Waals surface area contributed by atoms with Crippen molar-refractivity contribution < 1.29 is 9.59 Å². The van der Waals surface area contributed by atoms with Crippen LogP contribution in [0.2, 0.25) is 0 Å². The monoisotopic (exact) mass is 321 g/mol. The van der Waals surface area contributed by atoms with Gasteiger partial charge in [0.2, 0.25) is 16.9 Å². The van der Waals surface area contributed by atoms with Gasteiger partial charge in [0.15, 0.2) is 0 Å². The lowest BCUT2D eigenvalue weighted by molar-refractivity contribution is -0.123. The zero-order valence-corrected chi connectivity index (χ0v) is 13.1. The summed E-state index contributed by atoms with van der Waals surface area (Å²) < 4.78 is 0. The average molecular weight is 321 g/mol. The Morgan fingerprint density at radius 3 is 2.95 bits per heavy atom. The number of carbonyl (C=O) groups excluding carboxylic acids is 2. The van der Waals surface area contributed by atoms with E-state index in [4.69, 9.17) is 0 Å². The van der Waals surface area contributed by atoms with Crippen LogP contribution in [0.4, 0.5) is 5.13 Å². The quantitative estimate of drug-likeness (QED) is 0.839. The molecule has 2 N–H and O–H groups in total. The molecule has 22 heavy (non-hydrogen) atoms. The van der Waals surface area contributed by atoms with E-state index in [9.17, 15) is 9.59 Å². The molecule has 0 radical (unpaired) electrons. The van der Waals surface area contributed by atoms with Gasteiger partial charge in [0.25, 0.3) is 0 Å². The number of hydrogen-bond donors (Lipinski definition) is 2. The van der Waals surface area contributed by atoms with Crippen LogP contribution in [0.15, 0.2) is 0 Å². The summed E-state index contributed by atoms with van der Waals surface area (Å²) in [6.07, 6.45) is 3.62. The van der Waals surface area contributed by atoms with Crippen LogP contribution < -0.4 is 10.6 Å². The Bertz CT molecular complexity index is 600. The summed E-state index contributed by atoms with van der Waals surface area (Å²) in [6.45, 7) is 2.54. The number of hydrogen-bond acceptors (Lipinski definition) is 6. The molecule has 2 amide bonds. The van der Waals surface area contributed by atoms with E-state index in [2.05, 4.69) is 25.7 Å². The maximum Gasteiger partial charge on any atom is 0.240 e. The summed E-state index contributed by atoms with van der Waals surface area (Å²) in [7, 11) is 0. The van der Waals surface area contributed by atoms with Gasteiger partial charge in [0.1, 0.15) is 5.01 Å². The van der Waals surface area contributed by atoms with Crippen LogP contribution in [-0.4, -0.2) is 53.1 Å². The van der Waals surface area contributed by atoms with E-state index in [1.54, 1.807) is 0 Å². The number of amides is 2. The summed E-state index contributed by atoms with van der Waals surface area (Å²) in [5, 5.41) is 15.6. The molecular weight excluding hydrogens is 302 g/mol. The molecule has 3 aliphatic rings. The zero-order valence-electron chi connectivity index (χ0n) is 12.2. The van der Waals surface area contributed by atoms with E-state index in [0.29, 0.717) is 30.1 Å². The molecule has 1 aliphatic carbocycles. The second-order valence-corrected chi connectivity index (χ2v) is 7.44. The van der Waals surface area contributed by atoms with E-state index < -0.39 is 0 Å². The predicted octanol–water partition coefficient (Wildman–Crippen LogP) is 0.422. The van der Waals surface area contributed by atoms with Crippen molar-refractivity contribution in [3.8, 4) is 0 Å². The molecule has 3 heterocycles. The van der Waals surface area contributed by atoms with Crippen molar-refractivity contribution in [2.24, 2.45) is 11.8 Å². The first kappa shape index (κ1) is 14.1. The highest BCUT2D eigenvalue weighted by Crippen LogP contribution is 2.38. The Morgan fingerprint density at radius 2 is 2.23 bits per heavy atom. The van der Waals surface area contributed by atoms with Crippen LogP contribution in [0.25, 0.3) is 0 Å². The van der Waals surface area contributed by atoms with Crippen molar-refractivity contribution >= 4 is 28.3 Å². The average Bonchev–Trinajstić information content (AvgIpc) is 3.08. The summed E-state index contributed by atoms with van der Waals surface area (Å²) in [6, 6.07) is 0. The molecule has 118 valence electrons. The Balaban J connectivity index is 1.29. The maximum absolute atomic E-state index is 12.1. The molecular formula is C14H19N5O2S. The first-order valence-electron chi connectivity index (χ1n) is 7.82. The Morgan fingerprint density at radius 1 is 1.36 bits per heavy atom. The molecule has 0 aromatic carbocycles. The first-order valence-corrected chi connectivity index (χ1v) is 8.64. The lowest BCUT2D eigenvalue weighted by Gasteiger charge is -2.21. The van der Waals surface area contributed by atoms with Crippen molar-refractivity contribution in [1.82, 2.24) is 20.4 Å². The minimum absolute atomic E-state index is 0.0551. The largest absolute Gasteiger partial charge is 0.355 e. The Labute approximate surface area is 132 Å². The lowest BCUT2D eigenvalue weighted by atomic mass is 9.86. The van der Waals surface area contributed by atoms with Gasteiger partial charge < -0.3 is 5.32 Å². The van der Waals surface area contributed by atoms with Crippen molar-refractivity contribution in [3.63, 3.8) is 0 Å². The molecule has 0 unspecified atom stereocenters. The van der Waals surface area contributed by atoms with Gasteiger partial charge in [-0.3, -0.25) is 19.8 Å². The maximum atomic E-state index is 12.1. The van der Waals surface area contributed by atoms with E-state index in [1.807, 2.05) is 0 Å². The molecule has 0 spiro atoms. The van der Waals surface area contributed by atoms with Gasteiger partial charge in [0, 0.05) is 31.5 Å². The fourth-order valence-electron chi connectivity index (χ4n) is 3.42. The third-order valence-corrected chi connectivity index (χ3v) is 5.90. The van der Waals surface area contributed by atoms with Crippen LogP contribution in [0.1, 0.15) is 30.2 Å². The molecule has 1 saturated carbocycles. The van der Waals surface area contributed by atoms with Crippen molar-refractivity contribution in [2.75, 3.05) is 31.5 Å². The fraction of sp³-hybridized carbons (Fsp3) is 0.714. The molecule has 8 heteroatoms. The summed E-state index contributed by atoms with van der Waals surface area (Å²) >= 11 is 1.48. The number of fused-ring (bicyclic) bond motifs is 1. The van der Waals surface area contributed by atoms with Gasteiger partial charge >= 0.3 is 0 Å². The molecule has 1 aromatic heterocycles. The van der Waals surface area contributed by atoms with Gasteiger partial charge in [-0.15, -0.1) is 10.2 Å². The third kappa shape index (κ3) is 2.61. The minimum Gasteiger partial charge on any atom is -0.355 e. The Kier molecular flexibility index (Phi) is 3.57. The van der Waals surface area contributed by atoms with E-state index in [0.717, 1.165) is 18.1 Å². The topological polar surface area (TPSA) is 87.2 Å². The molecule has 4 rings (SSSR count). The number of likely N-dealkylation sites (tertiary alicyclic amines) is 1. The normalized spacial score (nSPS) is 28.3. The number of nitrogens with one attached hydrogen (secondary N) is 2. The number of anilines is 1. The van der Waals surface area contributed by atoms with E-state index in [-0.39, 0.29) is 17.7 Å². The molecule has 0 bridgehead atoms. The van der Waals surface area contributed by atoms with Crippen LogP contribution in [0.3, 0.4) is 0 Å². The van der Waals surface area contributed by atoms with Crippen LogP contribution in [-0.2, 0) is 9.59 Å². The molecule has 2 atom stereocenters. The summed E-state index contributed by atoms with van der Waals surface area (Å²) in [4.78, 5) is 25.8. The van der Waals surface area contributed by atoms with Gasteiger partial charge in [-0.05, 0) is 12.8 Å². The highest BCUT2D eigenvalue weighted by molar-refractivity contribution is 7.15. The molecule has 1 aromatic rings. The van der Waals surface area contributed by atoms with Gasteiger partial charge in [-0.25, -0.2) is 0 Å². The van der Waals surface area contributed by atoms with Crippen molar-refractivity contribution in [2.45, 2.75) is 25.2 Å². The summed E-state index contributed by atoms with van der Waals surface area (Å²) in [5.41, 5.74) is 0. The van der Waals surface area contributed by atoms with Gasteiger partial charge in [0.05, 0.1) is 12.5 Å².